The zero-order valence-corrected chi connectivity index (χ0v) is 7.93. The quantitative estimate of drug-likeness (QED) is 0.551. The highest BCUT2D eigenvalue weighted by molar-refractivity contribution is 5.77. The van der Waals surface area contributed by atoms with Crippen LogP contribution in [0.1, 0.15) is 18.6 Å². The number of aliphatic imine (C=N–C) groups is 1. The van der Waals surface area contributed by atoms with Crippen molar-refractivity contribution in [1.82, 2.24) is 4.98 Å². The van der Waals surface area contributed by atoms with Crippen LogP contribution in [0, 0.1) is 0 Å². The van der Waals surface area contributed by atoms with Gasteiger partial charge in [0.2, 0.25) is 6.08 Å². The Morgan fingerprint density at radius 2 is 2.40 bits per heavy atom. The molecule has 0 bridgehead atoms. The molecule has 0 amide bonds. The van der Waals surface area contributed by atoms with Crippen molar-refractivity contribution in [1.29, 1.82) is 0 Å². The Balaban J connectivity index is 2.16. The van der Waals surface area contributed by atoms with Gasteiger partial charge in [-0.2, -0.15) is 4.99 Å². The van der Waals surface area contributed by atoms with Crippen molar-refractivity contribution in [3.05, 3.63) is 30.3 Å². The number of aromatic nitrogens is 1. The summed E-state index contributed by atoms with van der Waals surface area (Å²) in [5.74, 6) is 0.744. The van der Waals surface area contributed by atoms with Crippen molar-refractivity contribution in [3.63, 3.8) is 0 Å². The summed E-state index contributed by atoms with van der Waals surface area (Å²) in [5, 5.41) is 0.944. The molecular weight excluding hydrogens is 192 g/mol. The monoisotopic (exact) mass is 200 g/mol. The van der Waals surface area contributed by atoms with Gasteiger partial charge in [-0.25, -0.2) is 4.79 Å². The second-order valence-electron chi connectivity index (χ2n) is 3.76. The van der Waals surface area contributed by atoms with Gasteiger partial charge in [0.15, 0.2) is 0 Å². The van der Waals surface area contributed by atoms with Crippen LogP contribution in [-0.2, 0) is 10.3 Å². The maximum atomic E-state index is 10.3. The summed E-state index contributed by atoms with van der Waals surface area (Å²) in [6, 6.07) is 3.70. The molecule has 4 nitrogen and oxygen atoms in total. The highest BCUT2D eigenvalue weighted by Crippen LogP contribution is 2.50. The number of nitrogens with zero attached hydrogens (tertiary/aromatic N) is 2. The molecule has 0 unspecified atom stereocenters. The molecule has 0 aromatic carbocycles. The summed E-state index contributed by atoms with van der Waals surface area (Å²) in [7, 11) is 0. The lowest BCUT2D eigenvalue weighted by molar-refractivity contribution is 0.482. The Hall–Kier alpha value is -1.93. The molecule has 0 spiro atoms. The molecule has 0 N–H and O–H groups in total. The smallest absolute Gasteiger partial charge is 0.235 e. The van der Waals surface area contributed by atoms with Crippen molar-refractivity contribution >= 4 is 17.0 Å². The average molecular weight is 200 g/mol. The fourth-order valence-corrected chi connectivity index (χ4v) is 1.73. The van der Waals surface area contributed by atoms with Gasteiger partial charge in [-0.3, -0.25) is 4.98 Å². The Kier molecular flexibility index (Phi) is 1.55. The topological polar surface area (TPSA) is 55.5 Å². The van der Waals surface area contributed by atoms with Crippen molar-refractivity contribution in [2.45, 2.75) is 18.4 Å². The van der Waals surface area contributed by atoms with E-state index < -0.39 is 5.54 Å². The summed E-state index contributed by atoms with van der Waals surface area (Å²) in [6.07, 6.45) is 6.74. The Morgan fingerprint density at radius 1 is 1.53 bits per heavy atom. The maximum absolute atomic E-state index is 10.3. The first-order valence-electron chi connectivity index (χ1n) is 4.77. The van der Waals surface area contributed by atoms with Crippen LogP contribution >= 0.6 is 0 Å². The van der Waals surface area contributed by atoms with Crippen molar-refractivity contribution in [2.75, 3.05) is 0 Å². The maximum Gasteiger partial charge on any atom is 0.235 e. The standard InChI is InChI=1S/C11H8N2O2/c14-7-13-11(2-3-11)10-5-8-6-12-4-1-9(8)15-10/h1,4-6H,2-3H2. The van der Waals surface area contributed by atoms with Crippen LogP contribution in [0.15, 0.2) is 33.9 Å². The molecular formula is C11H8N2O2. The second-order valence-corrected chi connectivity index (χ2v) is 3.76. The molecule has 1 fully saturated rings. The number of carbonyl (C=O) groups excluding carboxylic acids is 1. The third-order valence-electron chi connectivity index (χ3n) is 2.76. The first kappa shape index (κ1) is 8.38. The lowest BCUT2D eigenvalue weighted by atomic mass is 10.2. The van der Waals surface area contributed by atoms with Gasteiger partial charge in [0.25, 0.3) is 0 Å². The molecule has 2 aromatic heterocycles. The number of isocyanates is 1. The number of furan rings is 1. The van der Waals surface area contributed by atoms with E-state index >= 15 is 0 Å². The van der Waals surface area contributed by atoms with E-state index in [-0.39, 0.29) is 0 Å². The van der Waals surface area contributed by atoms with Crippen LogP contribution in [0.3, 0.4) is 0 Å². The van der Waals surface area contributed by atoms with Gasteiger partial charge in [-0.15, -0.1) is 0 Å². The number of hydrogen-bond acceptors (Lipinski definition) is 4. The van der Waals surface area contributed by atoms with Crippen LogP contribution in [-0.4, -0.2) is 11.1 Å². The molecule has 0 atom stereocenters. The van der Waals surface area contributed by atoms with E-state index in [1.165, 1.54) is 0 Å². The van der Waals surface area contributed by atoms with E-state index in [0.717, 1.165) is 29.6 Å². The Bertz CT molecular complexity index is 530. The first-order chi connectivity index (χ1) is 7.34. The minimum Gasteiger partial charge on any atom is -0.458 e. The van der Waals surface area contributed by atoms with E-state index in [9.17, 15) is 4.79 Å². The molecule has 2 aromatic rings. The molecule has 1 saturated carbocycles. The van der Waals surface area contributed by atoms with E-state index in [0.29, 0.717) is 0 Å². The molecule has 3 rings (SSSR count). The molecule has 0 saturated heterocycles. The third-order valence-corrected chi connectivity index (χ3v) is 2.76. The molecule has 0 aliphatic heterocycles. The highest BCUT2D eigenvalue weighted by atomic mass is 16.3. The molecule has 2 heterocycles. The molecule has 74 valence electrons. The van der Waals surface area contributed by atoms with Gasteiger partial charge in [0.1, 0.15) is 16.9 Å². The van der Waals surface area contributed by atoms with Gasteiger partial charge < -0.3 is 4.42 Å². The third kappa shape index (κ3) is 1.19. The van der Waals surface area contributed by atoms with Crippen LogP contribution < -0.4 is 0 Å². The van der Waals surface area contributed by atoms with Crippen LogP contribution in [0.5, 0.6) is 0 Å². The minimum absolute atomic E-state index is 0.430. The molecule has 0 radical (unpaired) electrons. The highest BCUT2D eigenvalue weighted by Gasteiger charge is 2.48. The molecule has 1 aliphatic carbocycles. The number of hydrogen-bond donors (Lipinski definition) is 0. The van der Waals surface area contributed by atoms with Gasteiger partial charge >= 0.3 is 0 Å². The lowest BCUT2D eigenvalue weighted by Gasteiger charge is -2.00. The van der Waals surface area contributed by atoms with Gasteiger partial charge in [0.05, 0.1) is 0 Å². The normalized spacial score (nSPS) is 17.3. The lowest BCUT2D eigenvalue weighted by Crippen LogP contribution is -1.99. The predicted octanol–water partition coefficient (Wildman–Crippen LogP) is 2.15. The SMILES string of the molecule is O=C=NC1(c2cc3cnccc3o2)CC1. The number of rotatable bonds is 2. The second kappa shape index (κ2) is 2.78. The van der Waals surface area contributed by atoms with Crippen molar-refractivity contribution < 1.29 is 9.21 Å². The Morgan fingerprint density at radius 3 is 3.07 bits per heavy atom. The zero-order valence-electron chi connectivity index (χ0n) is 7.93. The largest absolute Gasteiger partial charge is 0.458 e. The summed E-state index contributed by atoms with van der Waals surface area (Å²) in [4.78, 5) is 18.1. The summed E-state index contributed by atoms with van der Waals surface area (Å²) in [6.45, 7) is 0. The molecule has 15 heavy (non-hydrogen) atoms. The van der Waals surface area contributed by atoms with Crippen LogP contribution in [0.2, 0.25) is 0 Å². The van der Waals surface area contributed by atoms with Crippen LogP contribution in [0.25, 0.3) is 11.0 Å². The molecule has 4 heteroatoms. The summed E-state index contributed by atoms with van der Waals surface area (Å²) >= 11 is 0. The Labute approximate surface area is 85.6 Å². The van der Waals surface area contributed by atoms with E-state index in [1.807, 2.05) is 6.07 Å². The summed E-state index contributed by atoms with van der Waals surface area (Å²) in [5.41, 5.74) is 0.355. The van der Waals surface area contributed by atoms with E-state index in [2.05, 4.69) is 9.98 Å². The van der Waals surface area contributed by atoms with Gasteiger partial charge in [-0.1, -0.05) is 0 Å². The van der Waals surface area contributed by atoms with Gasteiger partial charge in [0, 0.05) is 17.8 Å². The molecule has 1 aliphatic rings. The zero-order chi connectivity index (χ0) is 10.3. The fourth-order valence-electron chi connectivity index (χ4n) is 1.73. The van der Waals surface area contributed by atoms with Gasteiger partial charge in [-0.05, 0) is 25.0 Å². The van der Waals surface area contributed by atoms with Crippen LogP contribution in [0.4, 0.5) is 0 Å². The predicted molar refractivity (Wildman–Crippen MR) is 53.0 cm³/mol. The fraction of sp³-hybridized carbons (Fsp3) is 0.273. The minimum atomic E-state index is -0.430. The van der Waals surface area contributed by atoms with Crippen molar-refractivity contribution in [3.8, 4) is 0 Å². The summed E-state index contributed by atoms with van der Waals surface area (Å²) < 4.78 is 5.64. The number of fused-ring (bicyclic) bond motifs is 1. The average Bonchev–Trinajstić information content (AvgIpc) is 2.91. The van der Waals surface area contributed by atoms with E-state index in [1.54, 1.807) is 24.5 Å². The van der Waals surface area contributed by atoms with Crippen molar-refractivity contribution in [2.24, 2.45) is 4.99 Å². The number of pyridine rings is 1. The first-order valence-corrected chi connectivity index (χ1v) is 4.77. The van der Waals surface area contributed by atoms with E-state index in [4.69, 9.17) is 4.42 Å².